The Morgan fingerprint density at radius 3 is 2.70 bits per heavy atom. The Labute approximate surface area is 133 Å². The third kappa shape index (κ3) is 3.54. The molecule has 0 radical (unpaired) electrons. The van der Waals surface area contributed by atoms with Crippen molar-refractivity contribution in [2.75, 3.05) is 0 Å². The zero-order valence-corrected chi connectivity index (χ0v) is 12.8. The van der Waals surface area contributed by atoms with Gasteiger partial charge in [-0.05, 0) is 35.7 Å². The van der Waals surface area contributed by atoms with E-state index in [4.69, 9.17) is 4.42 Å². The molecule has 23 heavy (non-hydrogen) atoms. The molecule has 0 saturated heterocycles. The third-order valence-electron chi connectivity index (χ3n) is 3.78. The molecule has 3 aromatic rings. The normalized spacial score (nSPS) is 10.7. The Balaban J connectivity index is 1.72. The average Bonchev–Trinajstić information content (AvgIpc) is 3.04. The summed E-state index contributed by atoms with van der Waals surface area (Å²) in [4.78, 5) is 16.0. The van der Waals surface area contributed by atoms with E-state index in [0.29, 0.717) is 23.3 Å². The van der Waals surface area contributed by atoms with Crippen LogP contribution in [0.4, 0.5) is 4.39 Å². The van der Waals surface area contributed by atoms with Gasteiger partial charge in [-0.25, -0.2) is 9.37 Å². The van der Waals surface area contributed by atoms with Crippen molar-refractivity contribution in [2.45, 2.75) is 19.8 Å². The first-order chi connectivity index (χ1) is 11.1. The van der Waals surface area contributed by atoms with Gasteiger partial charge in [-0.2, -0.15) is 0 Å². The predicted molar refractivity (Wildman–Crippen MR) is 85.5 cm³/mol. The summed E-state index contributed by atoms with van der Waals surface area (Å²) in [7, 11) is 0. The van der Waals surface area contributed by atoms with E-state index in [1.54, 1.807) is 12.1 Å². The monoisotopic (exact) mass is 309 g/mol. The number of aromatic nitrogens is 1. The zero-order valence-electron chi connectivity index (χ0n) is 12.8. The molecule has 116 valence electrons. The number of hydrogen-bond donors (Lipinski definition) is 0. The molecule has 2 aromatic carbocycles. The van der Waals surface area contributed by atoms with Crippen molar-refractivity contribution in [2.24, 2.45) is 0 Å². The summed E-state index contributed by atoms with van der Waals surface area (Å²) in [6.07, 6.45) is 3.29. The minimum absolute atomic E-state index is 0.0612. The second-order valence-corrected chi connectivity index (χ2v) is 5.50. The van der Waals surface area contributed by atoms with Crippen molar-refractivity contribution in [1.82, 2.24) is 4.98 Å². The summed E-state index contributed by atoms with van der Waals surface area (Å²) in [5, 5.41) is 0. The zero-order chi connectivity index (χ0) is 16.2. The lowest BCUT2D eigenvalue weighted by atomic mass is 9.99. The number of halogens is 1. The minimum atomic E-state index is -0.414. The molecule has 3 rings (SSSR count). The maximum absolute atomic E-state index is 14.2. The highest BCUT2D eigenvalue weighted by molar-refractivity contribution is 5.83. The van der Waals surface area contributed by atoms with Crippen molar-refractivity contribution in [3.63, 3.8) is 0 Å². The van der Waals surface area contributed by atoms with Crippen LogP contribution < -0.4 is 0 Å². The number of ketones is 1. The molecule has 0 unspecified atom stereocenters. The van der Waals surface area contributed by atoms with Gasteiger partial charge in [0.05, 0.1) is 11.8 Å². The molecule has 0 aliphatic carbocycles. The van der Waals surface area contributed by atoms with Crippen LogP contribution in [0, 0.1) is 12.7 Å². The van der Waals surface area contributed by atoms with E-state index in [-0.39, 0.29) is 12.2 Å². The Morgan fingerprint density at radius 2 is 2.00 bits per heavy atom. The van der Waals surface area contributed by atoms with Gasteiger partial charge >= 0.3 is 0 Å². The van der Waals surface area contributed by atoms with Crippen LogP contribution in [-0.4, -0.2) is 10.8 Å². The first-order valence-corrected chi connectivity index (χ1v) is 7.37. The maximum atomic E-state index is 14.2. The van der Waals surface area contributed by atoms with Crippen molar-refractivity contribution in [3.05, 3.63) is 77.6 Å². The summed E-state index contributed by atoms with van der Waals surface area (Å²) in [5.41, 5.74) is 3.10. The molecule has 1 aromatic heterocycles. The van der Waals surface area contributed by atoms with Gasteiger partial charge in [0.2, 0.25) is 0 Å². The molecule has 3 nitrogen and oxygen atoms in total. The highest BCUT2D eigenvalue weighted by Gasteiger charge is 2.12. The standard InChI is InChI=1S/C19H16FNO2/c1-13-4-2-3-5-15(13)10-16(22)8-14-6-7-17(18(20)9-14)19-11-21-12-23-19/h2-7,9,11-12H,8,10H2,1H3. The molecular weight excluding hydrogens is 293 g/mol. The van der Waals surface area contributed by atoms with E-state index >= 15 is 0 Å². The number of nitrogens with zero attached hydrogens (tertiary/aromatic N) is 1. The molecule has 0 saturated carbocycles. The number of benzene rings is 2. The second kappa shape index (κ2) is 6.57. The van der Waals surface area contributed by atoms with Crippen LogP contribution in [0.25, 0.3) is 11.3 Å². The number of Topliss-reactive ketones (excluding diaryl/α,β-unsaturated/α-hetero) is 1. The smallest absolute Gasteiger partial charge is 0.181 e. The molecular formula is C19H16FNO2. The lowest BCUT2D eigenvalue weighted by Crippen LogP contribution is -2.08. The van der Waals surface area contributed by atoms with Gasteiger partial charge in [0, 0.05) is 12.8 Å². The number of oxazole rings is 1. The molecule has 0 aliphatic rings. The summed E-state index contributed by atoms with van der Waals surface area (Å²) in [6.45, 7) is 1.98. The van der Waals surface area contributed by atoms with Crippen LogP contribution in [-0.2, 0) is 17.6 Å². The van der Waals surface area contributed by atoms with Gasteiger partial charge in [0.1, 0.15) is 11.6 Å². The van der Waals surface area contributed by atoms with Crippen LogP contribution >= 0.6 is 0 Å². The van der Waals surface area contributed by atoms with Crippen LogP contribution in [0.1, 0.15) is 16.7 Å². The lowest BCUT2D eigenvalue weighted by Gasteiger charge is -2.06. The average molecular weight is 309 g/mol. The van der Waals surface area contributed by atoms with Crippen molar-refractivity contribution in [1.29, 1.82) is 0 Å². The molecule has 0 spiro atoms. The van der Waals surface area contributed by atoms with Gasteiger partial charge < -0.3 is 4.42 Å². The number of carbonyl (C=O) groups is 1. The summed E-state index contributed by atoms with van der Waals surface area (Å²) in [5.74, 6) is 0.0225. The van der Waals surface area contributed by atoms with Crippen LogP contribution in [0.15, 0.2) is 59.5 Å². The summed E-state index contributed by atoms with van der Waals surface area (Å²) >= 11 is 0. The SMILES string of the molecule is Cc1ccccc1CC(=O)Cc1ccc(-c2cnco2)c(F)c1. The van der Waals surface area contributed by atoms with Gasteiger partial charge in [0.15, 0.2) is 12.2 Å². The molecule has 0 fully saturated rings. The van der Waals surface area contributed by atoms with E-state index in [2.05, 4.69) is 4.98 Å². The van der Waals surface area contributed by atoms with Crippen LogP contribution in [0.2, 0.25) is 0 Å². The molecule has 0 atom stereocenters. The topological polar surface area (TPSA) is 43.1 Å². The van der Waals surface area contributed by atoms with E-state index in [0.717, 1.165) is 11.1 Å². The van der Waals surface area contributed by atoms with Crippen molar-refractivity contribution >= 4 is 5.78 Å². The quantitative estimate of drug-likeness (QED) is 0.711. The molecule has 0 aliphatic heterocycles. The predicted octanol–water partition coefficient (Wildman–Crippen LogP) is 4.14. The first-order valence-electron chi connectivity index (χ1n) is 7.37. The van der Waals surface area contributed by atoms with E-state index in [9.17, 15) is 9.18 Å². The van der Waals surface area contributed by atoms with E-state index < -0.39 is 5.82 Å². The van der Waals surface area contributed by atoms with E-state index in [1.165, 1.54) is 18.7 Å². The Hall–Kier alpha value is -2.75. The Bertz CT molecular complexity index is 825. The Morgan fingerprint density at radius 1 is 1.17 bits per heavy atom. The largest absolute Gasteiger partial charge is 0.443 e. The minimum Gasteiger partial charge on any atom is -0.443 e. The fourth-order valence-corrected chi connectivity index (χ4v) is 2.53. The highest BCUT2D eigenvalue weighted by atomic mass is 19.1. The first kappa shape index (κ1) is 15.2. The molecule has 0 bridgehead atoms. The number of aryl methyl sites for hydroxylation is 1. The highest BCUT2D eigenvalue weighted by Crippen LogP contribution is 2.23. The van der Waals surface area contributed by atoms with E-state index in [1.807, 2.05) is 31.2 Å². The van der Waals surface area contributed by atoms with Gasteiger partial charge in [-0.3, -0.25) is 4.79 Å². The lowest BCUT2D eigenvalue weighted by molar-refractivity contribution is -0.117. The third-order valence-corrected chi connectivity index (χ3v) is 3.78. The second-order valence-electron chi connectivity index (χ2n) is 5.50. The molecule has 0 amide bonds. The maximum Gasteiger partial charge on any atom is 0.181 e. The van der Waals surface area contributed by atoms with Crippen molar-refractivity contribution < 1.29 is 13.6 Å². The van der Waals surface area contributed by atoms with Gasteiger partial charge in [0.25, 0.3) is 0 Å². The van der Waals surface area contributed by atoms with Crippen LogP contribution in [0.3, 0.4) is 0 Å². The molecule has 0 N–H and O–H groups in total. The molecule has 4 heteroatoms. The number of hydrogen-bond acceptors (Lipinski definition) is 3. The Kier molecular flexibility index (Phi) is 4.33. The van der Waals surface area contributed by atoms with Gasteiger partial charge in [-0.1, -0.05) is 30.3 Å². The molecule has 1 heterocycles. The summed E-state index contributed by atoms with van der Waals surface area (Å²) < 4.78 is 19.3. The van der Waals surface area contributed by atoms with Crippen molar-refractivity contribution in [3.8, 4) is 11.3 Å². The fraction of sp³-hybridized carbons (Fsp3) is 0.158. The number of rotatable bonds is 5. The summed E-state index contributed by atoms with van der Waals surface area (Å²) in [6, 6.07) is 12.5. The number of carbonyl (C=O) groups excluding carboxylic acids is 1. The van der Waals surface area contributed by atoms with Crippen LogP contribution in [0.5, 0.6) is 0 Å². The van der Waals surface area contributed by atoms with Gasteiger partial charge in [-0.15, -0.1) is 0 Å². The fourth-order valence-electron chi connectivity index (χ4n) is 2.53.